The highest BCUT2D eigenvalue weighted by atomic mass is 16.1. The van der Waals surface area contributed by atoms with Crippen molar-refractivity contribution >= 4 is 29.1 Å². The van der Waals surface area contributed by atoms with Crippen molar-refractivity contribution in [3.05, 3.63) is 104 Å². The fourth-order valence-electron chi connectivity index (χ4n) is 3.05. The Morgan fingerprint density at radius 1 is 1.12 bits per heavy atom. The highest BCUT2D eigenvalue weighted by molar-refractivity contribution is 6.04. The molecule has 1 N–H and O–H groups in total. The van der Waals surface area contributed by atoms with E-state index in [-0.39, 0.29) is 24.7 Å². The lowest BCUT2D eigenvalue weighted by atomic mass is 10.1. The quantitative estimate of drug-likeness (QED) is 0.158. The second-order valence-electron chi connectivity index (χ2n) is 6.99. The molecule has 0 saturated carbocycles. The number of anilines is 1. The van der Waals surface area contributed by atoms with Crippen LogP contribution in [0.2, 0.25) is 0 Å². The molecule has 0 fully saturated rings. The number of carbonyl (C=O) groups is 2. The average molecular weight is 441 g/mol. The van der Waals surface area contributed by atoms with Crippen LogP contribution in [0, 0.1) is 0 Å². The molecule has 0 spiro atoms. The Hall–Kier alpha value is -4.85. The third-order valence-corrected chi connectivity index (χ3v) is 4.55. The van der Waals surface area contributed by atoms with Gasteiger partial charge < -0.3 is 9.88 Å². The van der Waals surface area contributed by atoms with Crippen molar-refractivity contribution < 1.29 is 9.59 Å². The van der Waals surface area contributed by atoms with Gasteiger partial charge in [-0.05, 0) is 52.0 Å². The fourth-order valence-corrected chi connectivity index (χ4v) is 3.05. The lowest BCUT2D eigenvalue weighted by molar-refractivity contribution is -0.115. The van der Waals surface area contributed by atoms with Crippen molar-refractivity contribution in [3.8, 4) is 0 Å². The number of aromatic nitrogens is 2. The van der Waals surface area contributed by atoms with Crippen LogP contribution in [0.4, 0.5) is 11.4 Å². The number of amides is 1. The number of azide groups is 2. The molecule has 11 heteroatoms. The van der Waals surface area contributed by atoms with Crippen LogP contribution in [0.1, 0.15) is 27.3 Å². The first kappa shape index (κ1) is 22.8. The van der Waals surface area contributed by atoms with Gasteiger partial charge in [0.2, 0.25) is 11.7 Å². The third kappa shape index (κ3) is 6.56. The SMILES string of the molecule is Cn1ccnc1C(=O)/C=C/c1ccc(CC(=O)Nc2cc(CN=[N+]=[N-])cc(N=[N+]=[N-])c2)cc1. The van der Waals surface area contributed by atoms with E-state index in [9.17, 15) is 9.59 Å². The minimum atomic E-state index is -0.268. The Morgan fingerprint density at radius 2 is 1.91 bits per heavy atom. The average Bonchev–Trinajstić information content (AvgIpc) is 3.23. The molecular weight excluding hydrogens is 422 g/mol. The van der Waals surface area contributed by atoms with Gasteiger partial charge >= 0.3 is 0 Å². The summed E-state index contributed by atoms with van der Waals surface area (Å²) in [5.74, 6) is -0.114. The van der Waals surface area contributed by atoms with Gasteiger partial charge in [-0.25, -0.2) is 4.98 Å². The summed E-state index contributed by atoms with van der Waals surface area (Å²) < 4.78 is 1.65. The summed E-state index contributed by atoms with van der Waals surface area (Å²) in [5, 5.41) is 9.79. The third-order valence-electron chi connectivity index (χ3n) is 4.55. The summed E-state index contributed by atoms with van der Waals surface area (Å²) >= 11 is 0. The first-order chi connectivity index (χ1) is 16.0. The van der Waals surface area contributed by atoms with Crippen LogP contribution in [-0.2, 0) is 24.8 Å². The number of imidazole rings is 1. The first-order valence-corrected chi connectivity index (χ1v) is 9.77. The normalized spacial score (nSPS) is 10.3. The molecule has 0 radical (unpaired) electrons. The van der Waals surface area contributed by atoms with E-state index in [1.54, 1.807) is 54.3 Å². The minimum Gasteiger partial charge on any atom is -0.331 e. The number of rotatable bonds is 9. The Balaban J connectivity index is 1.64. The highest BCUT2D eigenvalue weighted by Crippen LogP contribution is 2.23. The summed E-state index contributed by atoms with van der Waals surface area (Å²) in [4.78, 5) is 34.1. The van der Waals surface area contributed by atoms with Gasteiger partial charge in [-0.2, -0.15) is 0 Å². The van der Waals surface area contributed by atoms with Crippen molar-refractivity contribution in [2.45, 2.75) is 13.0 Å². The van der Waals surface area contributed by atoms with Crippen LogP contribution in [0.3, 0.4) is 0 Å². The van der Waals surface area contributed by atoms with Gasteiger partial charge in [0, 0.05) is 40.6 Å². The molecule has 2 aromatic carbocycles. The molecule has 0 aliphatic rings. The zero-order valence-electron chi connectivity index (χ0n) is 17.7. The molecule has 0 unspecified atom stereocenters. The number of hydrogen-bond acceptors (Lipinski definition) is 5. The molecule has 1 amide bonds. The lowest BCUT2D eigenvalue weighted by Gasteiger charge is -2.08. The molecule has 1 aromatic heterocycles. The summed E-state index contributed by atoms with van der Waals surface area (Å²) in [5.41, 5.74) is 20.1. The van der Waals surface area contributed by atoms with E-state index >= 15 is 0 Å². The highest BCUT2D eigenvalue weighted by Gasteiger charge is 2.08. The predicted molar refractivity (Wildman–Crippen MR) is 123 cm³/mol. The first-order valence-electron chi connectivity index (χ1n) is 9.77. The van der Waals surface area contributed by atoms with E-state index in [1.165, 1.54) is 12.1 Å². The summed E-state index contributed by atoms with van der Waals surface area (Å²) in [6.45, 7) is 0.0613. The topological polar surface area (TPSA) is 162 Å². The predicted octanol–water partition coefficient (Wildman–Crippen LogP) is 5.25. The molecule has 0 bridgehead atoms. The van der Waals surface area contributed by atoms with E-state index in [0.29, 0.717) is 22.8 Å². The van der Waals surface area contributed by atoms with Gasteiger partial charge in [0.1, 0.15) is 0 Å². The molecule has 0 aliphatic heterocycles. The van der Waals surface area contributed by atoms with Crippen LogP contribution < -0.4 is 5.32 Å². The molecule has 3 rings (SSSR count). The maximum absolute atomic E-state index is 12.5. The molecule has 0 atom stereocenters. The summed E-state index contributed by atoms with van der Waals surface area (Å²) in [6.07, 6.45) is 6.53. The van der Waals surface area contributed by atoms with Crippen molar-refractivity contribution in [2.75, 3.05) is 5.32 Å². The van der Waals surface area contributed by atoms with Gasteiger partial charge in [0.05, 0.1) is 13.0 Å². The number of aryl methyl sites for hydroxylation is 1. The summed E-state index contributed by atoms with van der Waals surface area (Å²) in [7, 11) is 1.75. The number of nitrogens with one attached hydrogen (secondary N) is 1. The Bertz CT molecular complexity index is 1300. The zero-order valence-corrected chi connectivity index (χ0v) is 17.7. The number of carbonyl (C=O) groups excluding carboxylic acids is 2. The molecule has 33 heavy (non-hydrogen) atoms. The van der Waals surface area contributed by atoms with Crippen LogP contribution in [0.25, 0.3) is 27.0 Å². The Morgan fingerprint density at radius 3 is 2.58 bits per heavy atom. The van der Waals surface area contributed by atoms with Crippen LogP contribution >= 0.6 is 0 Å². The van der Waals surface area contributed by atoms with Crippen molar-refractivity contribution in [1.29, 1.82) is 0 Å². The molecular formula is C22H19N9O2. The van der Waals surface area contributed by atoms with E-state index in [2.05, 4.69) is 30.4 Å². The van der Waals surface area contributed by atoms with E-state index in [4.69, 9.17) is 11.1 Å². The summed E-state index contributed by atoms with van der Waals surface area (Å²) in [6, 6.07) is 12.0. The monoisotopic (exact) mass is 441 g/mol. The van der Waals surface area contributed by atoms with Crippen molar-refractivity contribution in [3.63, 3.8) is 0 Å². The van der Waals surface area contributed by atoms with Gasteiger partial charge in [-0.1, -0.05) is 40.6 Å². The smallest absolute Gasteiger partial charge is 0.228 e. The number of nitrogens with zero attached hydrogens (tertiary/aromatic N) is 8. The Kier molecular flexibility index (Phi) is 7.58. The molecule has 0 saturated heterocycles. The van der Waals surface area contributed by atoms with Crippen LogP contribution in [0.15, 0.2) is 71.2 Å². The zero-order chi connectivity index (χ0) is 23.6. The van der Waals surface area contributed by atoms with Gasteiger partial charge in [-0.15, -0.1) is 0 Å². The molecule has 11 nitrogen and oxygen atoms in total. The molecule has 3 aromatic rings. The van der Waals surface area contributed by atoms with Crippen LogP contribution in [0.5, 0.6) is 0 Å². The van der Waals surface area contributed by atoms with Crippen LogP contribution in [-0.4, -0.2) is 21.2 Å². The minimum absolute atomic E-state index is 0.0613. The standard InChI is InChI=1S/C22H19N9O2/c1-31-9-8-25-22(31)20(32)7-6-15-2-4-16(5-3-15)12-21(33)27-18-10-17(14-26-29-23)11-19(13-18)28-30-24/h2-11,13H,12,14H2,1H3,(H,27,33)/b7-6+. The fraction of sp³-hybridized carbons (Fsp3) is 0.136. The van der Waals surface area contributed by atoms with Crippen molar-refractivity contribution in [1.82, 2.24) is 9.55 Å². The van der Waals surface area contributed by atoms with Crippen molar-refractivity contribution in [2.24, 2.45) is 17.3 Å². The lowest BCUT2D eigenvalue weighted by Crippen LogP contribution is -2.14. The van der Waals surface area contributed by atoms with Gasteiger partial charge in [0.25, 0.3) is 0 Å². The second kappa shape index (κ2) is 11.0. The Labute approximate surface area is 188 Å². The largest absolute Gasteiger partial charge is 0.331 e. The number of ketones is 1. The molecule has 1 heterocycles. The number of allylic oxidation sites excluding steroid dienone is 1. The van der Waals surface area contributed by atoms with E-state index in [0.717, 1.165) is 11.1 Å². The second-order valence-corrected chi connectivity index (χ2v) is 6.99. The number of benzene rings is 2. The van der Waals surface area contributed by atoms with E-state index in [1.807, 2.05) is 12.1 Å². The van der Waals surface area contributed by atoms with Gasteiger partial charge in [-0.3, -0.25) is 9.59 Å². The maximum Gasteiger partial charge on any atom is 0.228 e. The molecule has 164 valence electrons. The number of hydrogen-bond donors (Lipinski definition) is 1. The van der Waals surface area contributed by atoms with E-state index < -0.39 is 0 Å². The molecule has 0 aliphatic carbocycles. The maximum atomic E-state index is 12.5. The van der Waals surface area contributed by atoms with Gasteiger partial charge in [0.15, 0.2) is 5.82 Å².